The van der Waals surface area contributed by atoms with E-state index in [9.17, 15) is 9.59 Å². The number of ketones is 1. The number of benzene rings is 1. The maximum absolute atomic E-state index is 12.3. The molecule has 0 atom stereocenters. The summed E-state index contributed by atoms with van der Waals surface area (Å²) in [4.78, 5) is 27.9. The summed E-state index contributed by atoms with van der Waals surface area (Å²) in [5.74, 6) is 0.547. The van der Waals surface area contributed by atoms with Crippen molar-refractivity contribution in [2.45, 2.75) is 39.0 Å². The molecule has 5 heteroatoms. The number of hydrogen-bond donors (Lipinski definition) is 2. The summed E-state index contributed by atoms with van der Waals surface area (Å²) < 4.78 is 0. The summed E-state index contributed by atoms with van der Waals surface area (Å²) in [6, 6.07) is 10.4. The highest BCUT2D eigenvalue weighted by Crippen LogP contribution is 2.20. The number of hydrogen-bond acceptors (Lipinski definition) is 4. The van der Waals surface area contributed by atoms with Crippen LogP contribution in [0.1, 0.15) is 59.7 Å². The van der Waals surface area contributed by atoms with Crippen molar-refractivity contribution in [2.75, 3.05) is 17.2 Å². The van der Waals surface area contributed by atoms with Gasteiger partial charge in [0.2, 0.25) is 0 Å². The Bertz CT molecular complexity index is 824. The highest BCUT2D eigenvalue weighted by atomic mass is 16.1. The van der Waals surface area contributed by atoms with Gasteiger partial charge in [0.1, 0.15) is 5.82 Å². The summed E-state index contributed by atoms with van der Waals surface area (Å²) in [7, 11) is 0. The molecule has 0 aliphatic heterocycles. The van der Waals surface area contributed by atoms with Gasteiger partial charge in [0.25, 0.3) is 5.91 Å². The Morgan fingerprint density at radius 2 is 1.81 bits per heavy atom. The van der Waals surface area contributed by atoms with Crippen LogP contribution in [0.5, 0.6) is 0 Å². The molecule has 0 bridgehead atoms. The fourth-order valence-electron chi connectivity index (χ4n) is 3.11. The number of amides is 1. The normalized spacial score (nSPS) is 13.6. The van der Waals surface area contributed by atoms with E-state index in [1.165, 1.54) is 38.2 Å². The summed E-state index contributed by atoms with van der Waals surface area (Å²) in [6.45, 7) is 2.37. The zero-order valence-corrected chi connectivity index (χ0v) is 15.6. The molecule has 2 N–H and O–H groups in total. The molecule has 0 fully saturated rings. The zero-order chi connectivity index (χ0) is 19.1. The first-order chi connectivity index (χ1) is 13.1. The van der Waals surface area contributed by atoms with Gasteiger partial charge >= 0.3 is 0 Å². The third-order valence-electron chi connectivity index (χ3n) is 4.71. The Balaban J connectivity index is 1.50. The third kappa shape index (κ3) is 5.51. The Labute approximate surface area is 159 Å². The summed E-state index contributed by atoms with van der Waals surface area (Å²) >= 11 is 0. The Kier molecular flexibility index (Phi) is 6.36. The molecule has 140 valence electrons. The number of carbonyl (C=O) groups is 2. The minimum atomic E-state index is -0.225. The molecule has 3 rings (SSSR count). The maximum Gasteiger partial charge on any atom is 0.257 e. The fraction of sp³-hybridized carbons (Fsp3) is 0.318. The number of Topliss-reactive ketones (excluding diaryl/α,β-unsaturated/α-hetero) is 1. The Morgan fingerprint density at radius 1 is 1.04 bits per heavy atom. The van der Waals surface area contributed by atoms with Crippen molar-refractivity contribution in [3.8, 4) is 0 Å². The standard InChI is InChI=1S/C22H25N3O2/c1-16(26)18-7-10-20(11-8-18)25-22(27)19-9-12-21(24-15-19)23-14-13-17-5-3-2-4-6-17/h5,7-12,15H,2-4,6,13-14H2,1H3,(H,23,24)(H,25,27). The molecule has 27 heavy (non-hydrogen) atoms. The third-order valence-corrected chi connectivity index (χ3v) is 4.71. The van der Waals surface area contributed by atoms with Crippen molar-refractivity contribution in [2.24, 2.45) is 0 Å². The molecular weight excluding hydrogens is 338 g/mol. The van der Waals surface area contributed by atoms with E-state index in [1.807, 2.05) is 6.07 Å². The van der Waals surface area contributed by atoms with Crippen LogP contribution in [0.15, 0.2) is 54.2 Å². The molecule has 1 amide bonds. The second-order valence-electron chi connectivity index (χ2n) is 6.80. The van der Waals surface area contributed by atoms with Gasteiger partial charge in [-0.3, -0.25) is 9.59 Å². The van der Waals surface area contributed by atoms with Gasteiger partial charge in [0.15, 0.2) is 5.78 Å². The van der Waals surface area contributed by atoms with Crippen LogP contribution >= 0.6 is 0 Å². The van der Waals surface area contributed by atoms with Gasteiger partial charge in [-0.2, -0.15) is 0 Å². The van der Waals surface area contributed by atoms with Crippen molar-refractivity contribution < 1.29 is 9.59 Å². The van der Waals surface area contributed by atoms with Gasteiger partial charge in [-0.05, 0) is 75.4 Å². The number of anilines is 2. The topological polar surface area (TPSA) is 71.1 Å². The van der Waals surface area contributed by atoms with Crippen LogP contribution in [0.4, 0.5) is 11.5 Å². The monoisotopic (exact) mass is 363 g/mol. The molecule has 1 aliphatic rings. The first-order valence-electron chi connectivity index (χ1n) is 9.42. The fourth-order valence-corrected chi connectivity index (χ4v) is 3.11. The van der Waals surface area contributed by atoms with E-state index in [0.717, 1.165) is 18.8 Å². The first-order valence-corrected chi connectivity index (χ1v) is 9.42. The van der Waals surface area contributed by atoms with Crippen LogP contribution in [-0.4, -0.2) is 23.2 Å². The average Bonchev–Trinajstić information content (AvgIpc) is 2.70. The summed E-state index contributed by atoms with van der Waals surface area (Å²) in [5.41, 5.74) is 3.29. The van der Waals surface area contributed by atoms with Gasteiger partial charge in [-0.15, -0.1) is 0 Å². The highest BCUT2D eigenvalue weighted by Gasteiger charge is 2.08. The molecule has 0 spiro atoms. The minimum absolute atomic E-state index is 0.0000531. The maximum atomic E-state index is 12.3. The van der Waals surface area contributed by atoms with Gasteiger partial charge in [-0.25, -0.2) is 4.98 Å². The number of carbonyl (C=O) groups excluding carboxylic acids is 2. The van der Waals surface area contributed by atoms with Crippen LogP contribution in [0.2, 0.25) is 0 Å². The van der Waals surface area contributed by atoms with Crippen molar-refractivity contribution in [3.63, 3.8) is 0 Å². The lowest BCUT2D eigenvalue weighted by atomic mass is 9.97. The second kappa shape index (κ2) is 9.12. The number of rotatable bonds is 7. The predicted molar refractivity (Wildman–Crippen MR) is 108 cm³/mol. The van der Waals surface area contributed by atoms with E-state index in [-0.39, 0.29) is 11.7 Å². The number of nitrogens with zero attached hydrogens (tertiary/aromatic N) is 1. The Hall–Kier alpha value is -2.95. The summed E-state index contributed by atoms with van der Waals surface area (Å²) in [6.07, 6.45) is 9.99. The van der Waals surface area contributed by atoms with Crippen LogP contribution in [-0.2, 0) is 0 Å². The van der Waals surface area contributed by atoms with E-state index in [1.54, 1.807) is 36.5 Å². The van der Waals surface area contributed by atoms with E-state index in [0.29, 0.717) is 16.8 Å². The highest BCUT2D eigenvalue weighted by molar-refractivity contribution is 6.04. The molecule has 2 aromatic rings. The smallest absolute Gasteiger partial charge is 0.257 e. The molecule has 0 saturated carbocycles. The van der Waals surface area contributed by atoms with E-state index in [4.69, 9.17) is 0 Å². The van der Waals surface area contributed by atoms with Crippen molar-refractivity contribution in [3.05, 3.63) is 65.4 Å². The molecule has 0 radical (unpaired) electrons. The lowest BCUT2D eigenvalue weighted by molar-refractivity contribution is 0.101. The lowest BCUT2D eigenvalue weighted by Crippen LogP contribution is -2.13. The van der Waals surface area contributed by atoms with E-state index in [2.05, 4.69) is 21.7 Å². The van der Waals surface area contributed by atoms with Crippen molar-refractivity contribution in [1.29, 1.82) is 0 Å². The Morgan fingerprint density at radius 3 is 2.44 bits per heavy atom. The quantitative estimate of drug-likeness (QED) is 0.545. The van der Waals surface area contributed by atoms with Crippen molar-refractivity contribution >= 4 is 23.2 Å². The molecule has 0 saturated heterocycles. The molecule has 0 unspecified atom stereocenters. The predicted octanol–water partition coefficient (Wildman–Crippen LogP) is 4.84. The van der Waals surface area contributed by atoms with Gasteiger partial charge in [0.05, 0.1) is 5.56 Å². The molecule has 1 aromatic heterocycles. The second-order valence-corrected chi connectivity index (χ2v) is 6.80. The van der Waals surface area contributed by atoms with Gasteiger partial charge < -0.3 is 10.6 Å². The minimum Gasteiger partial charge on any atom is -0.370 e. The molecule has 1 heterocycles. The SMILES string of the molecule is CC(=O)c1ccc(NC(=O)c2ccc(NCCC3=CCCCC3)nc2)cc1. The van der Waals surface area contributed by atoms with Crippen molar-refractivity contribution in [1.82, 2.24) is 4.98 Å². The van der Waals surface area contributed by atoms with Crippen LogP contribution in [0.3, 0.4) is 0 Å². The lowest BCUT2D eigenvalue weighted by Gasteiger charge is -2.13. The van der Waals surface area contributed by atoms with Gasteiger partial charge in [0, 0.05) is 24.0 Å². The van der Waals surface area contributed by atoms with Crippen LogP contribution in [0.25, 0.3) is 0 Å². The molecule has 5 nitrogen and oxygen atoms in total. The average molecular weight is 363 g/mol. The van der Waals surface area contributed by atoms with Crippen LogP contribution < -0.4 is 10.6 Å². The number of pyridine rings is 1. The largest absolute Gasteiger partial charge is 0.370 e. The zero-order valence-electron chi connectivity index (χ0n) is 15.6. The number of nitrogens with one attached hydrogen (secondary N) is 2. The number of aromatic nitrogens is 1. The van der Waals surface area contributed by atoms with E-state index < -0.39 is 0 Å². The molecule has 1 aliphatic carbocycles. The van der Waals surface area contributed by atoms with E-state index >= 15 is 0 Å². The number of allylic oxidation sites excluding steroid dienone is 1. The molecular formula is C22H25N3O2. The summed E-state index contributed by atoms with van der Waals surface area (Å²) in [5, 5.41) is 6.12. The van der Waals surface area contributed by atoms with Gasteiger partial charge in [-0.1, -0.05) is 11.6 Å². The molecule has 1 aromatic carbocycles. The van der Waals surface area contributed by atoms with Crippen LogP contribution in [0, 0.1) is 0 Å². The first kappa shape index (κ1) is 18.8.